The van der Waals surface area contributed by atoms with Crippen LogP contribution in [-0.4, -0.2) is 46.5 Å². The molecule has 4 rings (SSSR count). The van der Waals surface area contributed by atoms with Crippen molar-refractivity contribution in [3.63, 3.8) is 0 Å². The lowest BCUT2D eigenvalue weighted by Crippen LogP contribution is -2.35. The summed E-state index contributed by atoms with van der Waals surface area (Å²) < 4.78 is 10.7. The monoisotopic (exact) mass is 472 g/mol. The van der Waals surface area contributed by atoms with E-state index in [1.165, 1.54) is 18.6 Å². The number of H-pyrrole nitrogens is 1. The van der Waals surface area contributed by atoms with E-state index in [1.54, 1.807) is 19.1 Å². The molecule has 0 radical (unpaired) electrons. The zero-order valence-electron chi connectivity index (χ0n) is 20.3. The molecule has 0 bridgehead atoms. The van der Waals surface area contributed by atoms with Crippen molar-refractivity contribution in [1.29, 1.82) is 0 Å². The second-order valence-corrected chi connectivity index (χ2v) is 8.43. The molecule has 0 saturated heterocycles. The quantitative estimate of drug-likeness (QED) is 0.419. The first-order valence-electron chi connectivity index (χ1n) is 11.3. The molecule has 2 aromatic carbocycles. The van der Waals surface area contributed by atoms with E-state index in [1.807, 2.05) is 50.2 Å². The number of aromatic nitrogens is 3. The van der Waals surface area contributed by atoms with E-state index >= 15 is 0 Å². The zero-order chi connectivity index (χ0) is 24.9. The van der Waals surface area contributed by atoms with Gasteiger partial charge in [-0.15, -0.1) is 0 Å². The van der Waals surface area contributed by atoms with E-state index in [9.17, 15) is 9.59 Å². The Labute approximate surface area is 203 Å². The average Bonchev–Trinajstić information content (AvgIpc) is 2.87. The molecule has 0 saturated carbocycles. The number of rotatable bonds is 8. The van der Waals surface area contributed by atoms with Crippen LogP contribution in [-0.2, 0) is 13.0 Å². The smallest absolute Gasteiger partial charge is 0.274 e. The van der Waals surface area contributed by atoms with E-state index in [0.717, 1.165) is 27.6 Å². The largest absolute Gasteiger partial charge is 0.493 e. The Morgan fingerprint density at radius 3 is 2.54 bits per heavy atom. The zero-order valence-corrected chi connectivity index (χ0v) is 20.3. The number of fused-ring (bicyclic) bond motifs is 1. The fraction of sp³-hybridized carbons (Fsp3) is 0.259. The summed E-state index contributed by atoms with van der Waals surface area (Å²) in [7, 11) is 3.17. The molecule has 0 fully saturated rings. The first kappa shape index (κ1) is 23.9. The van der Waals surface area contributed by atoms with Gasteiger partial charge in [-0.3, -0.25) is 14.6 Å². The molecule has 180 valence electrons. The van der Waals surface area contributed by atoms with Gasteiger partial charge in [-0.2, -0.15) is 0 Å². The number of hydrogen-bond donors (Lipinski definition) is 1. The fourth-order valence-corrected chi connectivity index (χ4v) is 4.18. The summed E-state index contributed by atoms with van der Waals surface area (Å²) in [5.74, 6) is 0.962. The van der Waals surface area contributed by atoms with Crippen LogP contribution in [0.1, 0.15) is 32.7 Å². The number of nitrogens with one attached hydrogen (secondary N) is 1. The number of hydrogen-bond acceptors (Lipinski definition) is 6. The van der Waals surface area contributed by atoms with Gasteiger partial charge in [-0.25, -0.2) is 4.98 Å². The fourth-order valence-electron chi connectivity index (χ4n) is 4.18. The van der Waals surface area contributed by atoms with E-state index in [0.29, 0.717) is 30.0 Å². The summed E-state index contributed by atoms with van der Waals surface area (Å²) in [6.07, 6.45) is 4.98. The maximum Gasteiger partial charge on any atom is 0.274 e. The van der Waals surface area contributed by atoms with Crippen LogP contribution in [0.3, 0.4) is 0 Å². The maximum absolute atomic E-state index is 13.3. The van der Waals surface area contributed by atoms with Crippen molar-refractivity contribution in [2.45, 2.75) is 26.8 Å². The van der Waals surface area contributed by atoms with Gasteiger partial charge in [0, 0.05) is 24.5 Å². The van der Waals surface area contributed by atoms with Gasteiger partial charge in [-0.1, -0.05) is 17.7 Å². The molecule has 1 N–H and O–H groups in total. The molecule has 35 heavy (non-hydrogen) atoms. The van der Waals surface area contributed by atoms with Gasteiger partial charge in [-0.05, 0) is 61.0 Å². The number of ether oxygens (including phenoxy) is 2. The number of carbonyl (C=O) groups is 1. The number of amides is 1. The number of carbonyl (C=O) groups excluding carboxylic acids is 1. The molecule has 8 heteroatoms. The molecule has 1 amide bonds. The molecule has 4 aromatic rings. The van der Waals surface area contributed by atoms with Gasteiger partial charge < -0.3 is 19.4 Å². The average molecular weight is 473 g/mol. The van der Waals surface area contributed by atoms with Crippen LogP contribution in [0.25, 0.3) is 10.9 Å². The topological polar surface area (TPSA) is 97.4 Å². The summed E-state index contributed by atoms with van der Waals surface area (Å²) in [6.45, 7) is 4.50. The van der Waals surface area contributed by atoms with Crippen molar-refractivity contribution < 1.29 is 14.3 Å². The summed E-state index contributed by atoms with van der Waals surface area (Å²) in [6, 6.07) is 11.6. The SMILES string of the molecule is COc1ccc(CCN(Cc2cc3cc(C)cc(C)c3[nH]c2=O)C(=O)c2cnccn2)cc1OC. The summed E-state index contributed by atoms with van der Waals surface area (Å²) >= 11 is 0. The Bertz CT molecular complexity index is 1420. The number of benzene rings is 2. The van der Waals surface area contributed by atoms with Crippen LogP contribution >= 0.6 is 0 Å². The third kappa shape index (κ3) is 5.32. The van der Waals surface area contributed by atoms with Crippen LogP contribution in [0.15, 0.2) is 59.8 Å². The predicted molar refractivity (Wildman–Crippen MR) is 134 cm³/mol. The number of nitrogens with zero attached hydrogens (tertiary/aromatic N) is 3. The van der Waals surface area contributed by atoms with Gasteiger partial charge in [0.2, 0.25) is 0 Å². The Hall–Kier alpha value is -4.20. The van der Waals surface area contributed by atoms with Gasteiger partial charge in [0.05, 0.1) is 32.5 Å². The lowest BCUT2D eigenvalue weighted by Gasteiger charge is -2.23. The second kappa shape index (κ2) is 10.4. The van der Waals surface area contributed by atoms with Crippen LogP contribution in [0.2, 0.25) is 0 Å². The maximum atomic E-state index is 13.3. The molecule has 2 aromatic heterocycles. The number of aromatic amines is 1. The van der Waals surface area contributed by atoms with Crippen LogP contribution in [0, 0.1) is 13.8 Å². The normalized spacial score (nSPS) is 10.9. The van der Waals surface area contributed by atoms with E-state index in [2.05, 4.69) is 15.0 Å². The Morgan fingerprint density at radius 1 is 1.03 bits per heavy atom. The summed E-state index contributed by atoms with van der Waals surface area (Å²) in [4.78, 5) is 39.1. The lowest BCUT2D eigenvalue weighted by molar-refractivity contribution is 0.0738. The highest BCUT2D eigenvalue weighted by Gasteiger charge is 2.20. The van der Waals surface area contributed by atoms with Crippen molar-refractivity contribution in [1.82, 2.24) is 19.9 Å². The highest BCUT2D eigenvalue weighted by molar-refractivity contribution is 5.92. The molecule has 0 atom stereocenters. The standard InChI is InChI=1S/C27H28N4O4/c1-17-11-18(2)25-20(12-17)14-21(26(32)30-25)16-31(27(33)22-15-28-8-9-29-22)10-7-19-5-6-23(34-3)24(13-19)35-4/h5-6,8-9,11-15H,7,10,16H2,1-4H3,(H,30,32). The van der Waals surface area contributed by atoms with Gasteiger partial charge in [0.15, 0.2) is 11.5 Å². The second-order valence-electron chi connectivity index (χ2n) is 8.43. The van der Waals surface area contributed by atoms with Crippen molar-refractivity contribution in [3.05, 3.63) is 93.3 Å². The predicted octanol–water partition coefficient (Wildman–Crippen LogP) is 3.84. The highest BCUT2D eigenvalue weighted by Crippen LogP contribution is 2.28. The molecule has 0 spiro atoms. The van der Waals surface area contributed by atoms with E-state index in [-0.39, 0.29) is 23.7 Å². The number of pyridine rings is 1. The van der Waals surface area contributed by atoms with Crippen LogP contribution in [0.4, 0.5) is 0 Å². The molecule has 0 aliphatic carbocycles. The molecule has 0 aliphatic heterocycles. The van der Waals surface area contributed by atoms with Crippen molar-refractivity contribution in [2.24, 2.45) is 0 Å². The summed E-state index contributed by atoms with van der Waals surface area (Å²) in [5, 5.41) is 0.934. The number of aryl methyl sites for hydroxylation is 2. The van der Waals surface area contributed by atoms with Crippen LogP contribution in [0.5, 0.6) is 11.5 Å². The van der Waals surface area contributed by atoms with Crippen LogP contribution < -0.4 is 15.0 Å². The van der Waals surface area contributed by atoms with E-state index < -0.39 is 0 Å². The van der Waals surface area contributed by atoms with Gasteiger partial charge >= 0.3 is 0 Å². The minimum Gasteiger partial charge on any atom is -0.493 e. The first-order chi connectivity index (χ1) is 16.9. The van der Waals surface area contributed by atoms with Crippen molar-refractivity contribution in [3.8, 4) is 11.5 Å². The lowest BCUT2D eigenvalue weighted by atomic mass is 10.0. The molecule has 0 unspecified atom stereocenters. The van der Waals surface area contributed by atoms with Gasteiger partial charge in [0.25, 0.3) is 11.5 Å². The Kier molecular flexibility index (Phi) is 7.10. The van der Waals surface area contributed by atoms with E-state index in [4.69, 9.17) is 9.47 Å². The summed E-state index contributed by atoms with van der Waals surface area (Å²) in [5.41, 5.74) is 4.40. The minimum atomic E-state index is -0.293. The Morgan fingerprint density at radius 2 is 1.83 bits per heavy atom. The minimum absolute atomic E-state index is 0.140. The molecule has 8 nitrogen and oxygen atoms in total. The molecular formula is C27H28N4O4. The Balaban J connectivity index is 1.66. The molecule has 0 aliphatic rings. The van der Waals surface area contributed by atoms with Gasteiger partial charge in [0.1, 0.15) is 5.69 Å². The molecular weight excluding hydrogens is 444 g/mol. The first-order valence-corrected chi connectivity index (χ1v) is 11.3. The third-order valence-electron chi connectivity index (χ3n) is 5.92. The highest BCUT2D eigenvalue weighted by atomic mass is 16.5. The molecule has 2 heterocycles. The third-order valence-corrected chi connectivity index (χ3v) is 5.92. The van der Waals surface area contributed by atoms with Crippen molar-refractivity contribution in [2.75, 3.05) is 20.8 Å². The van der Waals surface area contributed by atoms with Crippen molar-refractivity contribution >= 4 is 16.8 Å². The number of methoxy groups -OCH3 is 2.